The van der Waals surface area contributed by atoms with Crippen LogP contribution in [0, 0.1) is 0 Å². The Hall–Kier alpha value is -2.64. The summed E-state index contributed by atoms with van der Waals surface area (Å²) >= 11 is 4.31. The molecule has 1 aliphatic rings. The number of rotatable bonds is 8. The van der Waals surface area contributed by atoms with Gasteiger partial charge >= 0.3 is 6.18 Å². The third-order valence-electron chi connectivity index (χ3n) is 6.54. The Morgan fingerprint density at radius 3 is 2.42 bits per heavy atom. The summed E-state index contributed by atoms with van der Waals surface area (Å²) in [6.45, 7) is 1.66. The fourth-order valence-corrected chi connectivity index (χ4v) is 6.34. The van der Waals surface area contributed by atoms with Crippen LogP contribution in [0.3, 0.4) is 0 Å². The number of nitrogens with zero attached hydrogens (tertiary/aromatic N) is 3. The molecule has 2 heterocycles. The summed E-state index contributed by atoms with van der Waals surface area (Å²) in [5.74, 6) is 0. The highest BCUT2D eigenvalue weighted by Gasteiger charge is 2.51. The molecule has 2 atom stereocenters. The molecule has 12 heteroatoms. The number of sulfonamides is 1. The van der Waals surface area contributed by atoms with Gasteiger partial charge in [0.15, 0.2) is 5.60 Å². The Morgan fingerprint density at radius 1 is 1.08 bits per heavy atom. The highest BCUT2D eigenvalue weighted by Crippen LogP contribution is 2.39. The van der Waals surface area contributed by atoms with Crippen molar-refractivity contribution < 1.29 is 31.4 Å². The molecule has 1 aromatic heterocycles. The van der Waals surface area contributed by atoms with Crippen molar-refractivity contribution in [3.8, 4) is 0 Å². The van der Waals surface area contributed by atoms with Gasteiger partial charge in [0.1, 0.15) is 0 Å². The largest absolute Gasteiger partial charge is 0.421 e. The average molecular weight is 568 g/mol. The van der Waals surface area contributed by atoms with Gasteiger partial charge in [-0.3, -0.25) is 4.98 Å². The van der Waals surface area contributed by atoms with Crippen LogP contribution in [0.5, 0.6) is 0 Å². The van der Waals surface area contributed by atoms with E-state index in [0.29, 0.717) is 17.5 Å². The van der Waals surface area contributed by atoms with Gasteiger partial charge in [-0.2, -0.15) is 17.5 Å². The summed E-state index contributed by atoms with van der Waals surface area (Å²) in [6, 6.07) is 15.1. The predicted molar refractivity (Wildman–Crippen MR) is 140 cm³/mol. The number of pyridine rings is 1. The summed E-state index contributed by atoms with van der Waals surface area (Å²) < 4.78 is 74.0. The first-order valence-corrected chi connectivity index (χ1v) is 13.7. The number of thiol groups is 1. The third kappa shape index (κ3) is 5.99. The lowest BCUT2D eigenvalue weighted by atomic mass is 9.95. The van der Waals surface area contributed by atoms with Crippen LogP contribution in [-0.2, 0) is 27.0 Å². The van der Waals surface area contributed by atoms with E-state index >= 15 is 0 Å². The lowest BCUT2D eigenvalue weighted by Crippen LogP contribution is -2.56. The van der Waals surface area contributed by atoms with E-state index in [-0.39, 0.29) is 43.3 Å². The van der Waals surface area contributed by atoms with E-state index in [1.165, 1.54) is 34.6 Å². The monoisotopic (exact) mass is 567 g/mol. The molecule has 7 nitrogen and oxygen atoms in total. The number of aromatic nitrogens is 1. The zero-order valence-corrected chi connectivity index (χ0v) is 22.3. The van der Waals surface area contributed by atoms with Crippen LogP contribution in [0.15, 0.2) is 82.8 Å². The quantitative estimate of drug-likeness (QED) is 0.397. The zero-order chi connectivity index (χ0) is 27.6. The second kappa shape index (κ2) is 11.2. The van der Waals surface area contributed by atoms with Gasteiger partial charge in [-0.1, -0.05) is 30.3 Å². The van der Waals surface area contributed by atoms with Crippen LogP contribution in [0.4, 0.5) is 18.9 Å². The molecule has 38 heavy (non-hydrogen) atoms. The number of ether oxygens (including phenoxy) is 1. The molecule has 0 unspecified atom stereocenters. The van der Waals surface area contributed by atoms with E-state index < -0.39 is 27.8 Å². The van der Waals surface area contributed by atoms with E-state index in [2.05, 4.69) is 17.6 Å². The van der Waals surface area contributed by atoms with Crippen molar-refractivity contribution in [1.82, 2.24) is 9.29 Å². The molecule has 0 bridgehead atoms. The summed E-state index contributed by atoms with van der Waals surface area (Å²) in [5, 5.41) is 10.0. The Balaban J connectivity index is 1.58. The van der Waals surface area contributed by atoms with Crippen LogP contribution in [0.25, 0.3) is 0 Å². The van der Waals surface area contributed by atoms with Crippen molar-refractivity contribution in [1.29, 1.82) is 0 Å². The number of halogens is 3. The van der Waals surface area contributed by atoms with E-state index in [0.717, 1.165) is 5.56 Å². The molecule has 3 aromatic rings. The van der Waals surface area contributed by atoms with Crippen molar-refractivity contribution in [3.05, 3.63) is 84.2 Å². The van der Waals surface area contributed by atoms with Crippen LogP contribution >= 0.6 is 12.6 Å². The van der Waals surface area contributed by atoms with E-state index in [9.17, 15) is 26.7 Å². The van der Waals surface area contributed by atoms with E-state index in [4.69, 9.17) is 4.74 Å². The molecule has 1 fully saturated rings. The number of hydrogen-bond acceptors (Lipinski definition) is 7. The Kier molecular flexibility index (Phi) is 8.38. The molecular formula is C26H28F3N3O4S2. The first-order valence-electron chi connectivity index (χ1n) is 11.8. The SMILES string of the molecule is C[C@](O)(c1ccc(N2CCN(S(=O)(=O)c3ccccc3S)C[C@H]2COCc2cccnc2)cc1)C(F)(F)F. The molecule has 1 saturated heterocycles. The standard InChI is InChI=1S/C26H28F3N3O4S2/c1-25(33,26(27,28)29)20-8-10-21(11-9-20)32-14-13-31(38(34,35)24-7-3-2-6-23(24)37)16-22(32)18-36-17-19-5-4-12-30-15-19/h2-12,15,22,33,37H,13-14,16-18H2,1H3/t22-,25-/m0/s1. The minimum absolute atomic E-state index is 0.0967. The van der Waals surface area contributed by atoms with E-state index in [1.54, 1.807) is 36.7 Å². The van der Waals surface area contributed by atoms with Crippen molar-refractivity contribution in [2.45, 2.75) is 41.1 Å². The topological polar surface area (TPSA) is 83.0 Å². The smallest absolute Gasteiger partial charge is 0.376 e. The summed E-state index contributed by atoms with van der Waals surface area (Å²) in [5.41, 5.74) is -1.84. The van der Waals surface area contributed by atoms with Gasteiger partial charge in [0, 0.05) is 42.6 Å². The van der Waals surface area contributed by atoms with Gasteiger partial charge in [-0.25, -0.2) is 8.42 Å². The molecule has 0 amide bonds. The maximum Gasteiger partial charge on any atom is 0.421 e. The maximum absolute atomic E-state index is 13.4. The fourth-order valence-electron chi connectivity index (χ4n) is 4.28. The van der Waals surface area contributed by atoms with Gasteiger partial charge < -0.3 is 14.7 Å². The fraction of sp³-hybridized carbons (Fsp3) is 0.346. The molecule has 4 rings (SSSR count). The number of benzene rings is 2. The minimum atomic E-state index is -4.83. The third-order valence-corrected chi connectivity index (χ3v) is 9.01. The Bertz CT molecular complexity index is 1340. The molecule has 0 aliphatic carbocycles. The zero-order valence-electron chi connectivity index (χ0n) is 20.5. The number of piperazine rings is 1. The maximum atomic E-state index is 13.4. The normalized spacial score (nSPS) is 18.8. The molecule has 2 aromatic carbocycles. The van der Waals surface area contributed by atoms with Crippen molar-refractivity contribution >= 4 is 28.3 Å². The minimum Gasteiger partial charge on any atom is -0.376 e. The second-order valence-corrected chi connectivity index (χ2v) is 11.6. The van der Waals surface area contributed by atoms with Gasteiger partial charge in [-0.05, 0) is 48.4 Å². The molecule has 1 N–H and O–H groups in total. The van der Waals surface area contributed by atoms with Crippen LogP contribution in [-0.4, -0.2) is 61.3 Å². The van der Waals surface area contributed by atoms with Crippen molar-refractivity contribution in [2.24, 2.45) is 0 Å². The molecule has 1 aliphatic heterocycles. The predicted octanol–water partition coefficient (Wildman–Crippen LogP) is 4.24. The summed E-state index contributed by atoms with van der Waals surface area (Å²) in [6.07, 6.45) is -1.51. The lowest BCUT2D eigenvalue weighted by molar-refractivity contribution is -0.258. The molecule has 204 valence electrons. The van der Waals surface area contributed by atoms with Gasteiger partial charge in [0.2, 0.25) is 10.0 Å². The first-order chi connectivity index (χ1) is 17.9. The molecular weight excluding hydrogens is 539 g/mol. The number of hydrogen-bond donors (Lipinski definition) is 2. The van der Waals surface area contributed by atoms with Gasteiger partial charge in [0.25, 0.3) is 0 Å². The van der Waals surface area contributed by atoms with Gasteiger partial charge in [-0.15, -0.1) is 12.6 Å². The number of anilines is 1. The van der Waals surface area contributed by atoms with E-state index in [1.807, 2.05) is 11.0 Å². The Labute approximate surface area is 225 Å². The highest BCUT2D eigenvalue weighted by atomic mass is 32.2. The van der Waals surface area contributed by atoms with Crippen LogP contribution < -0.4 is 4.90 Å². The van der Waals surface area contributed by atoms with Crippen LogP contribution in [0.1, 0.15) is 18.1 Å². The number of alkyl halides is 3. The summed E-state index contributed by atoms with van der Waals surface area (Å²) in [7, 11) is -3.84. The average Bonchev–Trinajstić information content (AvgIpc) is 2.89. The first kappa shape index (κ1) is 28.4. The molecule has 0 radical (unpaired) electrons. The molecule has 0 saturated carbocycles. The van der Waals surface area contributed by atoms with Crippen molar-refractivity contribution in [3.63, 3.8) is 0 Å². The molecule has 0 spiro atoms. The lowest BCUT2D eigenvalue weighted by Gasteiger charge is -2.42. The number of aliphatic hydroxyl groups is 1. The van der Waals surface area contributed by atoms with Crippen molar-refractivity contribution in [2.75, 3.05) is 31.1 Å². The summed E-state index contributed by atoms with van der Waals surface area (Å²) in [4.78, 5) is 6.41. The second-order valence-electron chi connectivity index (χ2n) is 9.17. The van der Waals surface area contributed by atoms with Crippen LogP contribution in [0.2, 0.25) is 0 Å². The Morgan fingerprint density at radius 2 is 1.79 bits per heavy atom. The van der Waals surface area contributed by atoms with Gasteiger partial charge in [0.05, 0.1) is 24.2 Å². The highest BCUT2D eigenvalue weighted by molar-refractivity contribution is 7.90.